The molecule has 2 nitrogen and oxygen atoms in total. The van der Waals surface area contributed by atoms with Gasteiger partial charge in [0.15, 0.2) is 0 Å². The highest BCUT2D eigenvalue weighted by Crippen LogP contribution is 2.26. The third-order valence-corrected chi connectivity index (χ3v) is 3.90. The first-order valence-electron chi connectivity index (χ1n) is 6.12. The Morgan fingerprint density at radius 3 is 2.81 bits per heavy atom. The number of hydrogen-bond acceptors (Lipinski definition) is 2. The van der Waals surface area contributed by atoms with Crippen molar-refractivity contribution in [1.29, 1.82) is 0 Å². The molecule has 0 aromatic heterocycles. The lowest BCUT2D eigenvalue weighted by Crippen LogP contribution is -1.89. The molecular weight excluding hydrogens is 311 g/mol. The Balaban J connectivity index is 2.11. The van der Waals surface area contributed by atoms with Gasteiger partial charge in [0, 0.05) is 21.7 Å². The molecule has 5 heteroatoms. The quantitative estimate of drug-likeness (QED) is 0.630. The van der Waals surface area contributed by atoms with Gasteiger partial charge < -0.3 is 5.11 Å². The third-order valence-electron chi connectivity index (χ3n) is 2.60. The summed E-state index contributed by atoms with van der Waals surface area (Å²) in [6.45, 7) is 0. The SMILES string of the molecule is O=C(O)C=Cc1cc(F)cc(CSc2cccc(Cl)c2)c1. The van der Waals surface area contributed by atoms with Crippen LogP contribution in [-0.4, -0.2) is 11.1 Å². The Bertz CT molecular complexity index is 686. The number of thioether (sulfide) groups is 1. The molecule has 0 aliphatic heterocycles. The molecule has 108 valence electrons. The van der Waals surface area contributed by atoms with Crippen LogP contribution in [0.2, 0.25) is 5.02 Å². The summed E-state index contributed by atoms with van der Waals surface area (Å²) in [6, 6.07) is 11.9. The van der Waals surface area contributed by atoms with Gasteiger partial charge in [0.25, 0.3) is 0 Å². The maximum Gasteiger partial charge on any atom is 0.328 e. The molecule has 21 heavy (non-hydrogen) atoms. The summed E-state index contributed by atoms with van der Waals surface area (Å²) < 4.78 is 13.5. The number of carbonyl (C=O) groups is 1. The van der Waals surface area contributed by atoms with Crippen LogP contribution in [-0.2, 0) is 10.5 Å². The van der Waals surface area contributed by atoms with E-state index < -0.39 is 5.97 Å². The Morgan fingerprint density at radius 2 is 2.10 bits per heavy atom. The van der Waals surface area contributed by atoms with E-state index in [9.17, 15) is 9.18 Å². The molecule has 0 saturated carbocycles. The van der Waals surface area contributed by atoms with Gasteiger partial charge in [0.1, 0.15) is 5.82 Å². The Morgan fingerprint density at radius 1 is 1.29 bits per heavy atom. The van der Waals surface area contributed by atoms with E-state index in [1.807, 2.05) is 18.2 Å². The Kier molecular flexibility index (Phi) is 5.42. The van der Waals surface area contributed by atoms with E-state index in [-0.39, 0.29) is 5.82 Å². The first kappa shape index (κ1) is 15.6. The monoisotopic (exact) mass is 322 g/mol. The molecule has 0 bridgehead atoms. The molecule has 1 N–H and O–H groups in total. The van der Waals surface area contributed by atoms with E-state index in [4.69, 9.17) is 16.7 Å². The highest BCUT2D eigenvalue weighted by Gasteiger charge is 2.02. The molecule has 0 radical (unpaired) electrons. The van der Waals surface area contributed by atoms with E-state index in [1.165, 1.54) is 30.0 Å². The van der Waals surface area contributed by atoms with Gasteiger partial charge in [0.05, 0.1) is 0 Å². The van der Waals surface area contributed by atoms with Gasteiger partial charge in [-0.1, -0.05) is 23.7 Å². The summed E-state index contributed by atoms with van der Waals surface area (Å²) in [4.78, 5) is 11.5. The largest absolute Gasteiger partial charge is 0.478 e. The van der Waals surface area contributed by atoms with Crippen LogP contribution in [0.4, 0.5) is 4.39 Å². The van der Waals surface area contributed by atoms with Crippen molar-refractivity contribution < 1.29 is 14.3 Å². The normalized spacial score (nSPS) is 11.0. The lowest BCUT2D eigenvalue weighted by atomic mass is 10.1. The van der Waals surface area contributed by atoms with Crippen molar-refractivity contribution in [2.75, 3.05) is 0 Å². The first-order valence-corrected chi connectivity index (χ1v) is 7.48. The highest BCUT2D eigenvalue weighted by molar-refractivity contribution is 7.98. The van der Waals surface area contributed by atoms with Crippen molar-refractivity contribution in [3.63, 3.8) is 0 Å². The second-order valence-electron chi connectivity index (χ2n) is 4.31. The summed E-state index contributed by atoms with van der Waals surface area (Å²) in [5.41, 5.74) is 1.31. The Hall–Kier alpha value is -1.78. The molecule has 0 spiro atoms. The molecule has 0 saturated heterocycles. The van der Waals surface area contributed by atoms with Crippen LogP contribution in [0.3, 0.4) is 0 Å². The van der Waals surface area contributed by atoms with E-state index in [2.05, 4.69) is 0 Å². The molecule has 0 fully saturated rings. The number of hydrogen-bond donors (Lipinski definition) is 1. The zero-order valence-corrected chi connectivity index (χ0v) is 12.5. The van der Waals surface area contributed by atoms with Crippen LogP contribution < -0.4 is 0 Å². The summed E-state index contributed by atoms with van der Waals surface area (Å²) >= 11 is 7.45. The van der Waals surface area contributed by atoms with E-state index >= 15 is 0 Å². The lowest BCUT2D eigenvalue weighted by molar-refractivity contribution is -0.131. The number of benzene rings is 2. The van der Waals surface area contributed by atoms with Crippen LogP contribution in [0.25, 0.3) is 6.08 Å². The molecule has 2 aromatic carbocycles. The topological polar surface area (TPSA) is 37.3 Å². The average molecular weight is 323 g/mol. The standard InChI is InChI=1S/C16H12ClFO2S/c17-13-2-1-3-15(9-13)21-10-12-6-11(4-5-16(19)20)7-14(18)8-12/h1-9H,10H2,(H,19,20). The summed E-state index contributed by atoms with van der Waals surface area (Å²) in [5.74, 6) is -0.871. The van der Waals surface area contributed by atoms with Gasteiger partial charge in [-0.25, -0.2) is 9.18 Å². The average Bonchev–Trinajstić information content (AvgIpc) is 2.43. The molecule has 2 rings (SSSR count). The van der Waals surface area contributed by atoms with Gasteiger partial charge in [-0.3, -0.25) is 0 Å². The van der Waals surface area contributed by atoms with E-state index in [0.29, 0.717) is 16.3 Å². The first-order chi connectivity index (χ1) is 10.0. The van der Waals surface area contributed by atoms with Crippen molar-refractivity contribution >= 4 is 35.4 Å². The maximum atomic E-state index is 13.5. The highest BCUT2D eigenvalue weighted by atomic mass is 35.5. The fraction of sp³-hybridized carbons (Fsp3) is 0.0625. The van der Waals surface area contributed by atoms with Crippen LogP contribution in [0.15, 0.2) is 53.4 Å². The third kappa shape index (κ3) is 5.25. The summed E-state index contributed by atoms with van der Waals surface area (Å²) in [7, 11) is 0. The number of aliphatic carboxylic acids is 1. The van der Waals surface area contributed by atoms with Gasteiger partial charge in [0.2, 0.25) is 0 Å². The molecule has 0 heterocycles. The molecular formula is C16H12ClFO2S. The minimum atomic E-state index is -1.06. The van der Waals surface area contributed by atoms with Crippen LogP contribution in [0.5, 0.6) is 0 Å². The minimum absolute atomic E-state index is 0.385. The zero-order valence-electron chi connectivity index (χ0n) is 10.9. The number of rotatable bonds is 5. The van der Waals surface area contributed by atoms with Crippen molar-refractivity contribution in [2.24, 2.45) is 0 Å². The number of carboxylic acid groups (broad SMARTS) is 1. The minimum Gasteiger partial charge on any atom is -0.478 e. The second kappa shape index (κ2) is 7.29. The Labute approximate surface area is 131 Å². The predicted octanol–water partition coefficient (Wildman–Crippen LogP) is 4.87. The number of carboxylic acids is 1. The molecule has 0 aliphatic carbocycles. The second-order valence-corrected chi connectivity index (χ2v) is 5.80. The van der Waals surface area contributed by atoms with Gasteiger partial charge in [-0.05, 0) is 47.5 Å². The molecule has 0 unspecified atom stereocenters. The fourth-order valence-corrected chi connectivity index (χ4v) is 2.89. The maximum absolute atomic E-state index is 13.5. The van der Waals surface area contributed by atoms with Crippen molar-refractivity contribution in [3.8, 4) is 0 Å². The van der Waals surface area contributed by atoms with Crippen molar-refractivity contribution in [2.45, 2.75) is 10.6 Å². The van der Waals surface area contributed by atoms with Crippen molar-refractivity contribution in [3.05, 3.63) is 70.5 Å². The van der Waals surface area contributed by atoms with E-state index in [1.54, 1.807) is 12.1 Å². The smallest absolute Gasteiger partial charge is 0.328 e. The molecule has 0 atom stereocenters. The summed E-state index contributed by atoms with van der Waals surface area (Å²) in [6.07, 6.45) is 2.36. The van der Waals surface area contributed by atoms with Gasteiger partial charge >= 0.3 is 5.97 Å². The molecule has 0 amide bonds. The van der Waals surface area contributed by atoms with Gasteiger partial charge in [-0.2, -0.15) is 0 Å². The van der Waals surface area contributed by atoms with Crippen molar-refractivity contribution in [1.82, 2.24) is 0 Å². The van der Waals surface area contributed by atoms with Gasteiger partial charge in [-0.15, -0.1) is 11.8 Å². The predicted molar refractivity (Wildman–Crippen MR) is 84.1 cm³/mol. The zero-order chi connectivity index (χ0) is 15.2. The van der Waals surface area contributed by atoms with Crippen LogP contribution in [0, 0.1) is 5.82 Å². The van der Waals surface area contributed by atoms with Crippen LogP contribution in [0.1, 0.15) is 11.1 Å². The summed E-state index contributed by atoms with van der Waals surface area (Å²) in [5, 5.41) is 9.25. The number of halogens is 2. The van der Waals surface area contributed by atoms with E-state index in [0.717, 1.165) is 16.5 Å². The molecule has 0 aliphatic rings. The fourth-order valence-electron chi connectivity index (χ4n) is 1.75. The molecule has 2 aromatic rings. The lowest BCUT2D eigenvalue weighted by Gasteiger charge is -2.04. The van der Waals surface area contributed by atoms with Crippen LogP contribution >= 0.6 is 23.4 Å².